The molecule has 0 aliphatic carbocycles. The van der Waals surface area contributed by atoms with Gasteiger partial charge in [-0.15, -0.1) is 0 Å². The first-order valence-electron chi connectivity index (χ1n) is 6.42. The number of hydrogen-bond donors (Lipinski definition) is 2. The van der Waals surface area contributed by atoms with Gasteiger partial charge in [-0.1, -0.05) is 32.4 Å². The first-order chi connectivity index (χ1) is 8.57. The van der Waals surface area contributed by atoms with E-state index in [1.807, 2.05) is 13.8 Å². The van der Waals surface area contributed by atoms with Crippen LogP contribution in [-0.2, 0) is 0 Å². The van der Waals surface area contributed by atoms with Crippen LogP contribution in [0.25, 0.3) is 0 Å². The molecule has 1 rings (SSSR count). The molecule has 0 heterocycles. The van der Waals surface area contributed by atoms with Gasteiger partial charge in [0.25, 0.3) is 0 Å². The monoisotopic (exact) mass is 282 g/mol. The predicted molar refractivity (Wildman–Crippen MR) is 81.8 cm³/mol. The molecule has 0 saturated carbocycles. The quantitative estimate of drug-likeness (QED) is 0.830. The fourth-order valence-electron chi connectivity index (χ4n) is 2.37. The summed E-state index contributed by atoms with van der Waals surface area (Å²) >= 11 is 5.80. The van der Waals surface area contributed by atoms with E-state index in [1.54, 1.807) is 24.3 Å². The van der Waals surface area contributed by atoms with Crippen LogP contribution >= 0.6 is 11.6 Å². The predicted octanol–water partition coefficient (Wildman–Crippen LogP) is 4.68. The normalized spacial score (nSPS) is 12.1. The summed E-state index contributed by atoms with van der Waals surface area (Å²) in [5, 5.41) is 6.45. The molecule has 106 valence electrons. The third kappa shape index (κ3) is 6.48. The molecule has 0 unspecified atom stereocenters. The second kappa shape index (κ2) is 5.83. The van der Waals surface area contributed by atoms with Crippen LogP contribution in [0.2, 0.25) is 5.02 Å². The first kappa shape index (κ1) is 15.8. The Hall–Kier alpha value is -1.22. The maximum Gasteiger partial charge on any atom is 0.319 e. The Kier molecular flexibility index (Phi) is 4.86. The first-order valence-corrected chi connectivity index (χ1v) is 6.80. The van der Waals surface area contributed by atoms with Crippen molar-refractivity contribution in [2.45, 2.75) is 46.6 Å². The van der Waals surface area contributed by atoms with Crippen molar-refractivity contribution >= 4 is 23.3 Å². The maximum absolute atomic E-state index is 11.9. The lowest BCUT2D eigenvalue weighted by Gasteiger charge is -2.33. The van der Waals surface area contributed by atoms with Crippen LogP contribution in [0.1, 0.15) is 41.0 Å². The van der Waals surface area contributed by atoms with Crippen molar-refractivity contribution < 1.29 is 4.79 Å². The molecule has 0 aliphatic heterocycles. The smallest absolute Gasteiger partial charge is 0.319 e. The van der Waals surface area contributed by atoms with E-state index in [4.69, 9.17) is 11.6 Å². The summed E-state index contributed by atoms with van der Waals surface area (Å²) in [5.41, 5.74) is 0.639. The standard InChI is InChI=1S/C15H23ClN2O/c1-14(2,3)10-15(4,5)18-13(19)17-12-8-6-11(16)7-9-12/h6-9H,10H2,1-5H3,(H2,17,18,19). The minimum Gasteiger partial charge on any atom is -0.333 e. The highest BCUT2D eigenvalue weighted by molar-refractivity contribution is 6.30. The molecular formula is C15H23ClN2O. The topological polar surface area (TPSA) is 41.1 Å². The molecule has 0 fully saturated rings. The molecule has 0 aliphatic rings. The molecule has 0 radical (unpaired) electrons. The van der Waals surface area contributed by atoms with Crippen LogP contribution in [0, 0.1) is 5.41 Å². The zero-order valence-electron chi connectivity index (χ0n) is 12.3. The highest BCUT2D eigenvalue weighted by atomic mass is 35.5. The fourth-order valence-corrected chi connectivity index (χ4v) is 2.50. The lowest BCUT2D eigenvalue weighted by atomic mass is 9.82. The Morgan fingerprint density at radius 2 is 1.63 bits per heavy atom. The second-order valence-corrected chi connectivity index (χ2v) is 7.14. The molecule has 2 amide bonds. The summed E-state index contributed by atoms with van der Waals surface area (Å²) in [6.07, 6.45) is 0.897. The van der Waals surface area contributed by atoms with E-state index >= 15 is 0 Å². The van der Waals surface area contributed by atoms with Crippen LogP contribution in [0.3, 0.4) is 0 Å². The number of urea groups is 1. The number of carbonyl (C=O) groups excluding carboxylic acids is 1. The molecule has 0 spiro atoms. The molecule has 1 aromatic rings. The van der Waals surface area contributed by atoms with Crippen LogP contribution in [0.4, 0.5) is 10.5 Å². The minimum absolute atomic E-state index is 0.164. The highest BCUT2D eigenvalue weighted by Crippen LogP contribution is 2.26. The van der Waals surface area contributed by atoms with Gasteiger partial charge >= 0.3 is 6.03 Å². The third-order valence-corrected chi connectivity index (χ3v) is 2.78. The van der Waals surface area contributed by atoms with E-state index < -0.39 is 0 Å². The van der Waals surface area contributed by atoms with Crippen molar-refractivity contribution in [2.24, 2.45) is 5.41 Å². The van der Waals surface area contributed by atoms with Crippen molar-refractivity contribution in [1.82, 2.24) is 5.32 Å². The highest BCUT2D eigenvalue weighted by Gasteiger charge is 2.26. The van der Waals surface area contributed by atoms with Crippen LogP contribution in [-0.4, -0.2) is 11.6 Å². The minimum atomic E-state index is -0.255. The molecule has 1 aromatic carbocycles. The molecule has 0 saturated heterocycles. The Bertz CT molecular complexity index is 432. The van der Waals surface area contributed by atoms with Crippen LogP contribution < -0.4 is 10.6 Å². The summed E-state index contributed by atoms with van der Waals surface area (Å²) in [6, 6.07) is 6.85. The second-order valence-electron chi connectivity index (χ2n) is 6.71. The van der Waals surface area contributed by atoms with Gasteiger partial charge in [0.15, 0.2) is 0 Å². The lowest BCUT2D eigenvalue weighted by Crippen LogP contribution is -2.47. The van der Waals surface area contributed by atoms with Gasteiger partial charge in [0.2, 0.25) is 0 Å². The summed E-state index contributed by atoms with van der Waals surface area (Å²) in [5.74, 6) is 0. The van der Waals surface area contributed by atoms with Crippen molar-refractivity contribution in [3.8, 4) is 0 Å². The number of nitrogens with one attached hydrogen (secondary N) is 2. The summed E-state index contributed by atoms with van der Waals surface area (Å²) < 4.78 is 0. The number of amides is 2. The number of rotatable bonds is 3. The molecular weight excluding hydrogens is 260 g/mol. The van der Waals surface area contributed by atoms with Gasteiger partial charge in [-0.2, -0.15) is 0 Å². The van der Waals surface area contributed by atoms with E-state index in [0.717, 1.165) is 12.1 Å². The zero-order chi connectivity index (χ0) is 14.7. The van der Waals surface area contributed by atoms with E-state index in [0.29, 0.717) is 5.02 Å². The van der Waals surface area contributed by atoms with Gasteiger partial charge in [0.1, 0.15) is 0 Å². The van der Waals surface area contributed by atoms with E-state index in [1.165, 1.54) is 0 Å². The average Bonchev–Trinajstić information content (AvgIpc) is 2.16. The molecule has 4 heteroatoms. The van der Waals surface area contributed by atoms with Gasteiger partial charge < -0.3 is 10.6 Å². The van der Waals surface area contributed by atoms with Crippen molar-refractivity contribution in [2.75, 3.05) is 5.32 Å². The molecule has 0 atom stereocenters. The number of benzene rings is 1. The zero-order valence-corrected chi connectivity index (χ0v) is 13.1. The summed E-state index contributed by atoms with van der Waals surface area (Å²) in [4.78, 5) is 11.9. The van der Waals surface area contributed by atoms with Crippen molar-refractivity contribution in [1.29, 1.82) is 0 Å². The molecule has 0 bridgehead atoms. The van der Waals surface area contributed by atoms with E-state index in [9.17, 15) is 4.79 Å². The Morgan fingerprint density at radius 3 is 2.11 bits per heavy atom. The molecule has 2 N–H and O–H groups in total. The fraction of sp³-hybridized carbons (Fsp3) is 0.533. The molecule has 0 aromatic heterocycles. The van der Waals surface area contributed by atoms with E-state index in [-0.39, 0.29) is 17.0 Å². The Labute approximate surface area is 120 Å². The van der Waals surface area contributed by atoms with E-state index in [2.05, 4.69) is 31.4 Å². The van der Waals surface area contributed by atoms with Gasteiger partial charge in [-0.3, -0.25) is 0 Å². The van der Waals surface area contributed by atoms with Gasteiger partial charge in [-0.25, -0.2) is 4.79 Å². The van der Waals surface area contributed by atoms with Gasteiger partial charge in [0, 0.05) is 16.2 Å². The molecule has 3 nitrogen and oxygen atoms in total. The maximum atomic E-state index is 11.9. The average molecular weight is 283 g/mol. The lowest BCUT2D eigenvalue weighted by molar-refractivity contribution is 0.220. The van der Waals surface area contributed by atoms with Crippen molar-refractivity contribution in [3.63, 3.8) is 0 Å². The Balaban J connectivity index is 2.57. The third-order valence-electron chi connectivity index (χ3n) is 2.53. The van der Waals surface area contributed by atoms with Crippen LogP contribution in [0.5, 0.6) is 0 Å². The SMILES string of the molecule is CC(C)(C)CC(C)(C)NC(=O)Nc1ccc(Cl)cc1. The van der Waals surface area contributed by atoms with Crippen molar-refractivity contribution in [3.05, 3.63) is 29.3 Å². The van der Waals surface area contributed by atoms with Gasteiger partial charge in [-0.05, 0) is 49.9 Å². The summed E-state index contributed by atoms with van der Waals surface area (Å²) in [6.45, 7) is 10.5. The largest absolute Gasteiger partial charge is 0.333 e. The Morgan fingerprint density at radius 1 is 1.11 bits per heavy atom. The number of anilines is 1. The summed E-state index contributed by atoms with van der Waals surface area (Å²) in [7, 11) is 0. The number of carbonyl (C=O) groups is 1. The number of hydrogen-bond acceptors (Lipinski definition) is 1. The van der Waals surface area contributed by atoms with Gasteiger partial charge in [0.05, 0.1) is 0 Å². The number of halogens is 1. The van der Waals surface area contributed by atoms with Crippen LogP contribution in [0.15, 0.2) is 24.3 Å². The molecule has 19 heavy (non-hydrogen) atoms.